The van der Waals surface area contributed by atoms with Gasteiger partial charge in [-0.25, -0.2) is 13.8 Å². The third kappa shape index (κ3) is 4.67. The number of benzene rings is 2. The molecule has 1 aliphatic rings. The van der Waals surface area contributed by atoms with E-state index in [0.717, 1.165) is 53.6 Å². The molecule has 1 aliphatic heterocycles. The maximum atomic E-state index is 14.4. The number of para-hydroxylation sites is 1. The van der Waals surface area contributed by atoms with Crippen LogP contribution in [0.1, 0.15) is 55.8 Å². The van der Waals surface area contributed by atoms with Gasteiger partial charge in [0.05, 0.1) is 16.9 Å². The van der Waals surface area contributed by atoms with Crippen LogP contribution in [0, 0.1) is 11.6 Å². The second kappa shape index (κ2) is 9.88. The minimum atomic E-state index is -0.971. The van der Waals surface area contributed by atoms with Gasteiger partial charge >= 0.3 is 0 Å². The van der Waals surface area contributed by atoms with E-state index in [2.05, 4.69) is 36.1 Å². The summed E-state index contributed by atoms with van der Waals surface area (Å²) < 4.78 is 31.4. The third-order valence-electron chi connectivity index (χ3n) is 7.41. The van der Waals surface area contributed by atoms with E-state index in [-0.39, 0.29) is 17.2 Å². The second-order valence-electron chi connectivity index (χ2n) is 10.4. The van der Waals surface area contributed by atoms with Crippen LogP contribution in [0.2, 0.25) is 0 Å². The molecule has 9 nitrogen and oxygen atoms in total. The number of hydrogen-bond acceptors (Lipinski definition) is 6. The Morgan fingerprint density at radius 2 is 1.85 bits per heavy atom. The van der Waals surface area contributed by atoms with Crippen molar-refractivity contribution < 1.29 is 13.6 Å². The fourth-order valence-electron chi connectivity index (χ4n) is 5.15. The Balaban J connectivity index is 1.58. The average molecular weight is 536 g/mol. The molecule has 204 valence electrons. The second-order valence-corrected chi connectivity index (χ2v) is 10.4. The number of aromatic nitrogens is 4. The summed E-state index contributed by atoms with van der Waals surface area (Å²) in [6, 6.07) is 9.18. The zero-order chi connectivity index (χ0) is 28.1. The molecule has 3 heterocycles. The lowest BCUT2D eigenvalue weighted by Crippen LogP contribution is -2.42. The van der Waals surface area contributed by atoms with Crippen molar-refractivity contribution in [3.63, 3.8) is 0 Å². The first-order chi connectivity index (χ1) is 18.5. The summed E-state index contributed by atoms with van der Waals surface area (Å²) >= 11 is 0. The van der Waals surface area contributed by atoms with Crippen molar-refractivity contribution in [2.75, 3.05) is 23.3 Å². The van der Waals surface area contributed by atoms with Crippen molar-refractivity contribution in [1.29, 1.82) is 0 Å². The highest BCUT2D eigenvalue weighted by molar-refractivity contribution is 6.08. The Hall–Kier alpha value is -4.12. The van der Waals surface area contributed by atoms with Crippen LogP contribution in [-0.4, -0.2) is 43.9 Å². The quantitative estimate of drug-likeness (QED) is 0.385. The number of fused-ring (bicyclic) bond motifs is 1. The topological polar surface area (TPSA) is 111 Å². The number of halogens is 2. The predicted octanol–water partition coefficient (Wildman–Crippen LogP) is 4.09. The molecule has 1 atom stereocenters. The molecule has 39 heavy (non-hydrogen) atoms. The molecule has 0 unspecified atom stereocenters. The van der Waals surface area contributed by atoms with Crippen LogP contribution in [0.25, 0.3) is 16.7 Å². The first-order valence-corrected chi connectivity index (χ1v) is 12.9. The molecule has 0 radical (unpaired) electrons. The molecular formula is C28H31F2N7O2. The molecule has 11 heteroatoms. The average Bonchev–Trinajstić information content (AvgIpc) is 3.45. The lowest BCUT2D eigenvalue weighted by atomic mass is 9.97. The number of carbonyl (C=O) groups excluding carboxylic acids is 1. The van der Waals surface area contributed by atoms with Gasteiger partial charge in [-0.05, 0) is 43.2 Å². The molecule has 5 rings (SSSR count). The Morgan fingerprint density at radius 1 is 1.13 bits per heavy atom. The Morgan fingerprint density at radius 3 is 2.49 bits per heavy atom. The first-order valence-electron chi connectivity index (χ1n) is 12.9. The molecule has 1 saturated heterocycles. The van der Waals surface area contributed by atoms with Crippen LogP contribution in [0.4, 0.5) is 20.2 Å². The van der Waals surface area contributed by atoms with Gasteiger partial charge in [0.15, 0.2) is 11.6 Å². The SMILES string of the molecule is CC[C@@]1(N)CCN(c2c(NC(=O)c3ccc(=O)n(-c4c(F)cccc4F)n3)ccc3c2nc(C(C)C)n3C)C1. The fraction of sp³-hybridized carbons (Fsp3) is 0.357. The molecular weight excluding hydrogens is 504 g/mol. The number of nitrogens with zero attached hydrogens (tertiary/aromatic N) is 5. The van der Waals surface area contributed by atoms with Gasteiger partial charge in [-0.3, -0.25) is 9.59 Å². The van der Waals surface area contributed by atoms with Crippen molar-refractivity contribution in [2.45, 2.75) is 45.1 Å². The fourth-order valence-corrected chi connectivity index (χ4v) is 5.15. The summed E-state index contributed by atoms with van der Waals surface area (Å²) in [4.78, 5) is 32.9. The summed E-state index contributed by atoms with van der Waals surface area (Å²) in [5, 5.41) is 6.88. The Labute approximate surface area is 224 Å². The van der Waals surface area contributed by atoms with Gasteiger partial charge in [0, 0.05) is 37.7 Å². The predicted molar refractivity (Wildman–Crippen MR) is 147 cm³/mol. The summed E-state index contributed by atoms with van der Waals surface area (Å²) in [6.07, 6.45) is 1.59. The van der Waals surface area contributed by atoms with Gasteiger partial charge < -0.3 is 20.5 Å². The molecule has 2 aromatic carbocycles. The number of carbonyl (C=O) groups is 1. The number of anilines is 2. The van der Waals surface area contributed by atoms with Crippen molar-refractivity contribution in [3.05, 3.63) is 76.0 Å². The highest BCUT2D eigenvalue weighted by Crippen LogP contribution is 2.39. The summed E-state index contributed by atoms with van der Waals surface area (Å²) in [5.74, 6) is -1.50. The monoisotopic (exact) mass is 535 g/mol. The normalized spacial score (nSPS) is 17.4. The van der Waals surface area contributed by atoms with Gasteiger partial charge in [0.25, 0.3) is 11.5 Å². The molecule has 1 amide bonds. The van der Waals surface area contributed by atoms with Crippen LogP contribution in [0.15, 0.2) is 47.3 Å². The van der Waals surface area contributed by atoms with E-state index in [1.165, 1.54) is 12.1 Å². The van der Waals surface area contributed by atoms with Crippen molar-refractivity contribution in [2.24, 2.45) is 12.8 Å². The largest absolute Gasteiger partial charge is 0.366 e. The number of rotatable bonds is 6. The standard InChI is InChI=1S/C28H31F2N7O2/c1-5-28(31)13-14-36(15-28)25-19(9-11-21-23(25)33-26(16(2)3)35(21)4)32-27(39)20-10-12-22(38)37(34-20)24-17(29)7-6-8-18(24)30/h6-12,16H,5,13-15,31H2,1-4H3,(H,32,39)/t28-/m1/s1. The smallest absolute Gasteiger partial charge is 0.276 e. The summed E-state index contributed by atoms with van der Waals surface area (Å²) in [7, 11) is 1.96. The lowest BCUT2D eigenvalue weighted by Gasteiger charge is -2.26. The van der Waals surface area contributed by atoms with Crippen molar-refractivity contribution >= 4 is 28.3 Å². The zero-order valence-corrected chi connectivity index (χ0v) is 22.3. The van der Waals surface area contributed by atoms with E-state index in [1.54, 1.807) is 6.07 Å². The summed E-state index contributed by atoms with van der Waals surface area (Å²) in [5.41, 5.74) is 7.54. The minimum absolute atomic E-state index is 0.181. The van der Waals surface area contributed by atoms with E-state index in [0.29, 0.717) is 23.5 Å². The Bertz CT molecular complexity index is 1620. The van der Waals surface area contributed by atoms with E-state index < -0.39 is 28.8 Å². The number of amides is 1. The van der Waals surface area contributed by atoms with Gasteiger partial charge in [0.1, 0.15) is 22.7 Å². The van der Waals surface area contributed by atoms with Crippen LogP contribution < -0.4 is 21.5 Å². The Kier molecular flexibility index (Phi) is 6.71. The van der Waals surface area contributed by atoms with E-state index in [1.807, 2.05) is 17.7 Å². The molecule has 4 aromatic rings. The summed E-state index contributed by atoms with van der Waals surface area (Å²) in [6.45, 7) is 7.48. The van der Waals surface area contributed by atoms with Gasteiger partial charge in [0.2, 0.25) is 0 Å². The van der Waals surface area contributed by atoms with E-state index in [9.17, 15) is 18.4 Å². The van der Waals surface area contributed by atoms with E-state index in [4.69, 9.17) is 10.7 Å². The molecule has 0 bridgehead atoms. The van der Waals surface area contributed by atoms with Crippen LogP contribution in [0.3, 0.4) is 0 Å². The van der Waals surface area contributed by atoms with Crippen LogP contribution >= 0.6 is 0 Å². The minimum Gasteiger partial charge on any atom is -0.366 e. The maximum absolute atomic E-state index is 14.4. The number of nitrogens with two attached hydrogens (primary N) is 1. The van der Waals surface area contributed by atoms with Crippen LogP contribution in [0.5, 0.6) is 0 Å². The molecule has 0 spiro atoms. The number of nitrogens with one attached hydrogen (secondary N) is 1. The van der Waals surface area contributed by atoms with Crippen LogP contribution in [-0.2, 0) is 7.05 Å². The van der Waals surface area contributed by atoms with Gasteiger partial charge in [-0.2, -0.15) is 9.78 Å². The lowest BCUT2D eigenvalue weighted by molar-refractivity contribution is 0.102. The van der Waals surface area contributed by atoms with Gasteiger partial charge in [-0.15, -0.1) is 0 Å². The highest BCUT2D eigenvalue weighted by Gasteiger charge is 2.35. The maximum Gasteiger partial charge on any atom is 0.276 e. The number of hydrogen-bond donors (Lipinski definition) is 2. The number of imidazole rings is 1. The van der Waals surface area contributed by atoms with E-state index >= 15 is 0 Å². The molecule has 3 N–H and O–H groups in total. The molecule has 0 saturated carbocycles. The zero-order valence-electron chi connectivity index (χ0n) is 22.3. The molecule has 2 aromatic heterocycles. The number of aryl methyl sites for hydroxylation is 1. The third-order valence-corrected chi connectivity index (χ3v) is 7.41. The molecule has 1 fully saturated rings. The molecule has 0 aliphatic carbocycles. The highest BCUT2D eigenvalue weighted by atomic mass is 19.1. The van der Waals surface area contributed by atoms with Gasteiger partial charge in [-0.1, -0.05) is 26.8 Å². The van der Waals surface area contributed by atoms with Crippen molar-refractivity contribution in [1.82, 2.24) is 19.3 Å². The van der Waals surface area contributed by atoms with Crippen molar-refractivity contribution in [3.8, 4) is 5.69 Å². The first kappa shape index (κ1) is 26.5.